The monoisotopic (exact) mass is 454 g/mol. The highest BCUT2D eigenvalue weighted by Gasteiger charge is 2.16. The van der Waals surface area contributed by atoms with E-state index < -0.39 is 12.2 Å². The molecule has 0 amide bonds. The molecule has 8 heteroatoms. The number of phenols is 3. The van der Waals surface area contributed by atoms with E-state index in [4.69, 9.17) is 11.6 Å². The van der Waals surface area contributed by atoms with Crippen LogP contribution in [0.4, 0.5) is 0 Å². The van der Waals surface area contributed by atoms with Gasteiger partial charge in [0.15, 0.2) is 0 Å². The molecule has 2 atom stereocenters. The molecule has 0 saturated heterocycles. The topological polar surface area (TPSA) is 125 Å². The van der Waals surface area contributed by atoms with Crippen molar-refractivity contribution in [2.75, 3.05) is 13.1 Å². The van der Waals surface area contributed by atoms with Crippen LogP contribution in [0.3, 0.4) is 0 Å². The number of β-amino-alcohol motifs (C(OH)–C–C–N with tert-alkyl or cyclic N) is 1. The van der Waals surface area contributed by atoms with Gasteiger partial charge in [0.2, 0.25) is 0 Å². The van der Waals surface area contributed by atoms with Crippen LogP contribution in [0.1, 0.15) is 58.0 Å². The molecule has 0 aliphatic rings. The van der Waals surface area contributed by atoms with Crippen molar-refractivity contribution in [1.29, 1.82) is 0 Å². The number of halogens is 1. The maximum absolute atomic E-state index is 9.93. The van der Waals surface area contributed by atoms with Gasteiger partial charge in [0.05, 0.1) is 17.2 Å². The Labute approximate surface area is 189 Å². The van der Waals surface area contributed by atoms with E-state index >= 15 is 0 Å². The summed E-state index contributed by atoms with van der Waals surface area (Å²) in [5, 5.41) is 54.0. The van der Waals surface area contributed by atoms with Crippen molar-refractivity contribution in [3.63, 3.8) is 0 Å². The van der Waals surface area contributed by atoms with Crippen molar-refractivity contribution in [1.82, 2.24) is 10.6 Å². The molecule has 0 aromatic heterocycles. The lowest BCUT2D eigenvalue weighted by molar-refractivity contribution is 0.163. The lowest BCUT2D eigenvalue weighted by Crippen LogP contribution is -2.38. The van der Waals surface area contributed by atoms with Gasteiger partial charge < -0.3 is 36.2 Å². The van der Waals surface area contributed by atoms with Gasteiger partial charge in [-0.1, -0.05) is 31.5 Å². The van der Waals surface area contributed by atoms with E-state index in [0.717, 1.165) is 0 Å². The molecule has 0 spiro atoms. The van der Waals surface area contributed by atoms with Gasteiger partial charge in [-0.2, -0.15) is 0 Å². The zero-order valence-electron chi connectivity index (χ0n) is 18.7. The van der Waals surface area contributed by atoms with Gasteiger partial charge in [0.25, 0.3) is 0 Å². The normalized spacial score (nSPS) is 13.5. The van der Waals surface area contributed by atoms with Crippen molar-refractivity contribution in [2.24, 2.45) is 0 Å². The van der Waals surface area contributed by atoms with Gasteiger partial charge in [-0.3, -0.25) is 0 Å². The van der Waals surface area contributed by atoms with E-state index in [1.54, 1.807) is 6.07 Å². The first-order valence-corrected chi connectivity index (χ1v) is 10.5. The molecule has 0 bridgehead atoms. The van der Waals surface area contributed by atoms with Crippen LogP contribution in [-0.4, -0.2) is 50.2 Å². The Balaban J connectivity index is 0.000000311. The van der Waals surface area contributed by atoms with Gasteiger partial charge in [-0.15, -0.1) is 0 Å². The third kappa shape index (κ3) is 10.7. The third-order valence-corrected chi connectivity index (χ3v) is 4.53. The van der Waals surface area contributed by atoms with Gasteiger partial charge in [0, 0.05) is 36.3 Å². The molecule has 0 heterocycles. The first-order valence-electron chi connectivity index (χ1n) is 10.1. The second kappa shape index (κ2) is 12.1. The highest BCUT2D eigenvalue weighted by atomic mass is 35.5. The molecule has 0 aliphatic carbocycles. The van der Waals surface area contributed by atoms with Crippen molar-refractivity contribution < 1.29 is 25.5 Å². The summed E-state index contributed by atoms with van der Waals surface area (Å²) in [7, 11) is 0. The van der Waals surface area contributed by atoms with Crippen LogP contribution in [-0.2, 0) is 0 Å². The van der Waals surface area contributed by atoms with Crippen molar-refractivity contribution >= 4 is 11.6 Å². The van der Waals surface area contributed by atoms with Gasteiger partial charge in [0.1, 0.15) is 17.2 Å². The Hall–Kier alpha value is -2.03. The molecule has 174 valence electrons. The maximum atomic E-state index is 9.93. The first-order chi connectivity index (χ1) is 14.3. The number of aromatic hydroxyl groups is 3. The van der Waals surface area contributed by atoms with Crippen molar-refractivity contribution in [3.8, 4) is 17.2 Å². The summed E-state index contributed by atoms with van der Waals surface area (Å²) in [4.78, 5) is 0. The van der Waals surface area contributed by atoms with Crippen LogP contribution in [0, 0.1) is 0 Å². The van der Waals surface area contributed by atoms with Crippen molar-refractivity contribution in [2.45, 2.75) is 58.4 Å². The summed E-state index contributed by atoms with van der Waals surface area (Å²) < 4.78 is 0. The average molecular weight is 455 g/mol. The van der Waals surface area contributed by atoms with Crippen LogP contribution in [0.5, 0.6) is 17.2 Å². The molecule has 31 heavy (non-hydrogen) atoms. The summed E-state index contributed by atoms with van der Waals surface area (Å²) in [5.41, 5.74) is 1.07. The predicted molar refractivity (Wildman–Crippen MR) is 124 cm³/mol. The van der Waals surface area contributed by atoms with Crippen LogP contribution in [0.2, 0.25) is 5.02 Å². The smallest absolute Gasteiger partial charge is 0.119 e. The maximum Gasteiger partial charge on any atom is 0.119 e. The first kappa shape index (κ1) is 27.0. The van der Waals surface area contributed by atoms with Crippen LogP contribution in [0.25, 0.3) is 0 Å². The van der Waals surface area contributed by atoms with E-state index in [1.807, 2.05) is 34.6 Å². The summed E-state index contributed by atoms with van der Waals surface area (Å²) in [6.45, 7) is 10.8. The minimum absolute atomic E-state index is 0.0476. The molecular weight excluding hydrogens is 420 g/mol. The molecule has 0 saturated carbocycles. The fourth-order valence-electron chi connectivity index (χ4n) is 2.57. The summed E-state index contributed by atoms with van der Waals surface area (Å²) >= 11 is 5.93. The Morgan fingerprint density at radius 3 is 1.90 bits per heavy atom. The van der Waals surface area contributed by atoms with Crippen molar-refractivity contribution in [3.05, 3.63) is 52.5 Å². The highest BCUT2D eigenvalue weighted by molar-refractivity contribution is 6.31. The Bertz CT molecular complexity index is 804. The molecular formula is C23H35ClN2O5. The molecule has 0 aliphatic heterocycles. The molecule has 2 rings (SSSR count). The Kier molecular flexibility index (Phi) is 10.6. The molecule has 7 nitrogen and oxygen atoms in total. The predicted octanol–water partition coefficient (Wildman–Crippen LogP) is 3.60. The average Bonchev–Trinajstić information content (AvgIpc) is 2.63. The van der Waals surface area contributed by atoms with Crippen LogP contribution < -0.4 is 10.6 Å². The molecule has 1 unspecified atom stereocenters. The number of hydrogen-bond acceptors (Lipinski definition) is 7. The minimum Gasteiger partial charge on any atom is -0.508 e. The van der Waals surface area contributed by atoms with Gasteiger partial charge in [-0.05, 0) is 50.6 Å². The zero-order valence-corrected chi connectivity index (χ0v) is 19.5. The van der Waals surface area contributed by atoms with Crippen LogP contribution >= 0.6 is 11.6 Å². The summed E-state index contributed by atoms with van der Waals surface area (Å²) in [6.07, 6.45) is -1.40. The molecule has 2 aromatic carbocycles. The van der Waals surface area contributed by atoms with E-state index in [2.05, 4.69) is 10.6 Å². The summed E-state index contributed by atoms with van der Waals surface area (Å²) in [5.74, 6) is 0.00641. The molecule has 0 fully saturated rings. The minimum atomic E-state index is -0.731. The zero-order chi connectivity index (χ0) is 23.8. The molecule has 7 N–H and O–H groups in total. The number of nitrogens with one attached hydrogen (secondary N) is 2. The lowest BCUT2D eigenvalue weighted by atomic mass is 10.1. The molecule has 2 aromatic rings. The third-order valence-electron chi connectivity index (χ3n) is 4.20. The van der Waals surface area contributed by atoms with Gasteiger partial charge >= 0.3 is 0 Å². The largest absolute Gasteiger partial charge is 0.508 e. The fourth-order valence-corrected chi connectivity index (χ4v) is 2.88. The Morgan fingerprint density at radius 1 is 0.839 bits per heavy atom. The van der Waals surface area contributed by atoms with E-state index in [9.17, 15) is 25.5 Å². The van der Waals surface area contributed by atoms with E-state index in [-0.39, 0.29) is 28.8 Å². The number of aliphatic hydroxyl groups excluding tert-OH is 2. The number of benzene rings is 2. The number of aliphatic hydroxyl groups is 2. The summed E-state index contributed by atoms with van der Waals surface area (Å²) in [6, 6.07) is 8.96. The lowest BCUT2D eigenvalue weighted by Gasteiger charge is -2.23. The standard InChI is InChI=1S/C12H18ClNO2.C11H17NO3/c1-12(2,3)14-7-11(16)9-5-4-8(15)6-10(9)13;1-7(2)12-6-11(15)8-3-9(13)5-10(14)4-8/h4-6,11,14-16H,7H2,1-3H3;3-5,7,11-15H,6H2,1-2H3/t11-;/m0./s1. The van der Waals surface area contributed by atoms with Crippen LogP contribution in [0.15, 0.2) is 36.4 Å². The second-order valence-corrected chi connectivity index (χ2v) is 9.12. The van der Waals surface area contributed by atoms with Gasteiger partial charge in [-0.25, -0.2) is 0 Å². The Morgan fingerprint density at radius 2 is 1.42 bits per heavy atom. The highest BCUT2D eigenvalue weighted by Crippen LogP contribution is 2.27. The number of phenolic OH excluding ortho intramolecular Hbond substituents is 3. The second-order valence-electron chi connectivity index (χ2n) is 8.71. The van der Waals surface area contributed by atoms with E-state index in [1.165, 1.54) is 30.3 Å². The molecule has 0 radical (unpaired) electrons. The number of hydrogen-bond donors (Lipinski definition) is 7. The quantitative estimate of drug-likeness (QED) is 0.341. The van der Waals surface area contributed by atoms with E-state index in [0.29, 0.717) is 29.2 Å². The fraction of sp³-hybridized carbons (Fsp3) is 0.478. The SMILES string of the molecule is CC(C)(C)NC[C@H](O)c1ccc(O)cc1Cl.CC(C)NCC(O)c1cc(O)cc(O)c1. The number of rotatable bonds is 7.